The molecule has 0 aromatic heterocycles. The Balaban J connectivity index is 1.22. The second kappa shape index (κ2) is 11.4. The van der Waals surface area contributed by atoms with Crippen LogP contribution in [0, 0.1) is 6.92 Å². The lowest BCUT2D eigenvalue weighted by Gasteiger charge is -2.07. The van der Waals surface area contributed by atoms with Crippen molar-refractivity contribution < 1.29 is 19.1 Å². The molecular weight excluding hydrogens is 440 g/mol. The normalized spacial score (nSPS) is 10.7. The molecule has 0 atom stereocenters. The fourth-order valence-corrected chi connectivity index (χ4v) is 3.21. The summed E-state index contributed by atoms with van der Waals surface area (Å²) in [4.78, 5) is 24.2. The summed E-state index contributed by atoms with van der Waals surface area (Å²) in [5, 5.41) is 3.94. The number of nitrogens with zero attached hydrogens (tertiary/aromatic N) is 1. The van der Waals surface area contributed by atoms with Crippen molar-refractivity contribution in [1.29, 1.82) is 0 Å². The van der Waals surface area contributed by atoms with E-state index in [9.17, 15) is 9.59 Å². The van der Waals surface area contributed by atoms with E-state index >= 15 is 0 Å². The number of ether oxygens (including phenoxy) is 2. The van der Waals surface area contributed by atoms with E-state index in [4.69, 9.17) is 9.47 Å². The largest absolute Gasteiger partial charge is 0.484 e. The van der Waals surface area contributed by atoms with Crippen LogP contribution in [0.4, 0.5) is 0 Å². The lowest BCUT2D eigenvalue weighted by molar-refractivity contribution is -0.123. The maximum atomic E-state index is 12.2. The third-order valence-electron chi connectivity index (χ3n) is 5.11. The van der Waals surface area contributed by atoms with E-state index in [1.165, 1.54) is 6.21 Å². The van der Waals surface area contributed by atoms with Crippen LogP contribution in [0.2, 0.25) is 0 Å². The molecule has 0 radical (unpaired) electrons. The van der Waals surface area contributed by atoms with Crippen LogP contribution in [0.3, 0.4) is 0 Å². The molecule has 0 heterocycles. The molecule has 0 aliphatic carbocycles. The fourth-order valence-electron chi connectivity index (χ4n) is 3.21. The predicted molar refractivity (Wildman–Crippen MR) is 136 cm³/mol. The lowest BCUT2D eigenvalue weighted by atomic mass is 10.1. The van der Waals surface area contributed by atoms with Crippen molar-refractivity contribution >= 4 is 18.1 Å². The molecule has 1 N–H and O–H groups in total. The van der Waals surface area contributed by atoms with Gasteiger partial charge in [-0.15, -0.1) is 0 Å². The number of esters is 1. The molecule has 0 spiro atoms. The summed E-state index contributed by atoms with van der Waals surface area (Å²) in [6.07, 6.45) is 1.50. The Hall–Kier alpha value is -4.71. The summed E-state index contributed by atoms with van der Waals surface area (Å²) in [6, 6.07) is 31.5. The van der Waals surface area contributed by atoms with Gasteiger partial charge in [0.2, 0.25) is 0 Å². The molecule has 0 unspecified atom stereocenters. The zero-order chi connectivity index (χ0) is 24.5. The SMILES string of the molecule is Cc1ccc(C(=O)Oc2ccc(/C=N/NC(=O)COc3ccc(-c4ccccc4)cc3)cc2)cc1. The Morgan fingerprint density at radius 3 is 2.09 bits per heavy atom. The third kappa shape index (κ3) is 6.88. The van der Waals surface area contributed by atoms with Crippen molar-refractivity contribution in [3.8, 4) is 22.6 Å². The quantitative estimate of drug-likeness (QED) is 0.164. The molecule has 0 saturated heterocycles. The Kier molecular flexibility index (Phi) is 7.66. The van der Waals surface area contributed by atoms with Crippen LogP contribution < -0.4 is 14.9 Å². The lowest BCUT2D eigenvalue weighted by Crippen LogP contribution is -2.24. The van der Waals surface area contributed by atoms with Gasteiger partial charge < -0.3 is 9.47 Å². The number of hydrogen-bond donors (Lipinski definition) is 1. The van der Waals surface area contributed by atoms with Crippen LogP contribution in [0.25, 0.3) is 11.1 Å². The standard InChI is InChI=1S/C29H24N2O4/c1-21-7-11-25(12-8-21)29(33)35-27-15-9-22(10-16-27)19-30-31-28(32)20-34-26-17-13-24(14-18-26)23-5-3-2-4-6-23/h2-19H,20H2,1H3,(H,31,32)/b30-19+. The molecule has 174 valence electrons. The Labute approximate surface area is 203 Å². The zero-order valence-corrected chi connectivity index (χ0v) is 19.2. The van der Waals surface area contributed by atoms with E-state index < -0.39 is 5.97 Å². The Bertz CT molecular complexity index is 1300. The van der Waals surface area contributed by atoms with Crippen LogP contribution in [-0.2, 0) is 4.79 Å². The highest BCUT2D eigenvalue weighted by molar-refractivity contribution is 5.91. The van der Waals surface area contributed by atoms with Crippen LogP contribution in [0.5, 0.6) is 11.5 Å². The van der Waals surface area contributed by atoms with Gasteiger partial charge in [-0.25, -0.2) is 10.2 Å². The first-order valence-electron chi connectivity index (χ1n) is 11.1. The van der Waals surface area contributed by atoms with Crippen LogP contribution in [-0.4, -0.2) is 24.7 Å². The van der Waals surface area contributed by atoms with Gasteiger partial charge in [0.25, 0.3) is 5.91 Å². The molecule has 0 aliphatic heterocycles. The second-order valence-corrected chi connectivity index (χ2v) is 7.80. The molecule has 35 heavy (non-hydrogen) atoms. The van der Waals surface area contributed by atoms with Gasteiger partial charge in [-0.3, -0.25) is 4.79 Å². The first-order chi connectivity index (χ1) is 17.1. The molecule has 0 saturated carbocycles. The number of hydrogen-bond acceptors (Lipinski definition) is 5. The van der Waals surface area contributed by atoms with E-state index in [1.54, 1.807) is 36.4 Å². The van der Waals surface area contributed by atoms with Crippen molar-refractivity contribution in [3.05, 3.63) is 120 Å². The number of carbonyl (C=O) groups excluding carboxylic acids is 2. The molecule has 0 fully saturated rings. The fraction of sp³-hybridized carbons (Fsp3) is 0.0690. The summed E-state index contributed by atoms with van der Waals surface area (Å²) in [7, 11) is 0. The summed E-state index contributed by atoms with van der Waals surface area (Å²) >= 11 is 0. The molecule has 6 nitrogen and oxygen atoms in total. The molecular formula is C29H24N2O4. The molecule has 4 aromatic carbocycles. The van der Waals surface area contributed by atoms with Gasteiger partial charge >= 0.3 is 5.97 Å². The van der Waals surface area contributed by atoms with E-state index in [-0.39, 0.29) is 12.5 Å². The van der Waals surface area contributed by atoms with Crippen LogP contribution in [0.1, 0.15) is 21.5 Å². The number of carbonyl (C=O) groups is 2. The van der Waals surface area contributed by atoms with Crippen molar-refractivity contribution in [3.63, 3.8) is 0 Å². The third-order valence-corrected chi connectivity index (χ3v) is 5.11. The first-order valence-corrected chi connectivity index (χ1v) is 11.1. The van der Waals surface area contributed by atoms with Crippen molar-refractivity contribution in [2.45, 2.75) is 6.92 Å². The predicted octanol–water partition coefficient (Wildman–Crippen LogP) is 5.41. The van der Waals surface area contributed by atoms with E-state index in [1.807, 2.05) is 73.7 Å². The van der Waals surface area contributed by atoms with Crippen molar-refractivity contribution in [2.24, 2.45) is 5.10 Å². The molecule has 4 rings (SSSR count). The number of nitrogens with one attached hydrogen (secondary N) is 1. The van der Waals surface area contributed by atoms with Crippen LogP contribution in [0.15, 0.2) is 108 Å². The van der Waals surface area contributed by atoms with Gasteiger partial charge in [-0.1, -0.05) is 60.2 Å². The summed E-state index contributed by atoms with van der Waals surface area (Å²) in [5.74, 6) is 0.216. The van der Waals surface area contributed by atoms with Gasteiger partial charge in [0.05, 0.1) is 11.8 Å². The minimum atomic E-state index is -0.423. The van der Waals surface area contributed by atoms with Gasteiger partial charge in [-0.2, -0.15) is 5.10 Å². The maximum absolute atomic E-state index is 12.2. The molecule has 6 heteroatoms. The number of rotatable bonds is 8. The highest BCUT2D eigenvalue weighted by Crippen LogP contribution is 2.22. The second-order valence-electron chi connectivity index (χ2n) is 7.80. The summed E-state index contributed by atoms with van der Waals surface area (Å²) in [5.41, 5.74) is 6.91. The van der Waals surface area contributed by atoms with Gasteiger partial charge in [0.15, 0.2) is 6.61 Å². The minimum Gasteiger partial charge on any atom is -0.484 e. The van der Waals surface area contributed by atoms with E-state index in [2.05, 4.69) is 10.5 Å². The number of hydrazone groups is 1. The molecule has 0 bridgehead atoms. The molecule has 1 amide bonds. The first kappa shape index (κ1) is 23.4. The van der Waals surface area contributed by atoms with E-state index in [0.29, 0.717) is 17.1 Å². The summed E-state index contributed by atoms with van der Waals surface area (Å²) < 4.78 is 10.9. The van der Waals surface area contributed by atoms with Crippen molar-refractivity contribution in [2.75, 3.05) is 6.61 Å². The highest BCUT2D eigenvalue weighted by atomic mass is 16.5. The average molecular weight is 465 g/mol. The smallest absolute Gasteiger partial charge is 0.343 e. The van der Waals surface area contributed by atoms with Crippen LogP contribution >= 0.6 is 0 Å². The van der Waals surface area contributed by atoms with E-state index in [0.717, 1.165) is 22.3 Å². The Morgan fingerprint density at radius 2 is 1.40 bits per heavy atom. The number of aryl methyl sites for hydroxylation is 1. The number of benzene rings is 4. The van der Waals surface area contributed by atoms with Gasteiger partial charge in [0, 0.05) is 0 Å². The monoisotopic (exact) mass is 464 g/mol. The topological polar surface area (TPSA) is 77.0 Å². The van der Waals surface area contributed by atoms with Crippen molar-refractivity contribution in [1.82, 2.24) is 5.43 Å². The summed E-state index contributed by atoms with van der Waals surface area (Å²) in [6.45, 7) is 1.80. The highest BCUT2D eigenvalue weighted by Gasteiger charge is 2.08. The maximum Gasteiger partial charge on any atom is 0.343 e. The Morgan fingerprint density at radius 1 is 0.771 bits per heavy atom. The average Bonchev–Trinajstić information content (AvgIpc) is 2.90. The van der Waals surface area contributed by atoms with Gasteiger partial charge in [0.1, 0.15) is 11.5 Å². The minimum absolute atomic E-state index is 0.157. The molecule has 4 aromatic rings. The number of amides is 1. The molecule has 0 aliphatic rings. The zero-order valence-electron chi connectivity index (χ0n) is 19.2. The van der Waals surface area contributed by atoms with Gasteiger partial charge in [-0.05, 0) is 72.1 Å².